The zero-order valence-electron chi connectivity index (χ0n) is 12.5. The number of sulfone groups is 1. The first kappa shape index (κ1) is 15.3. The fraction of sp³-hybridized carbons (Fsp3) is 0.118. The molecule has 0 saturated carbocycles. The Morgan fingerprint density at radius 2 is 1.83 bits per heavy atom. The first-order chi connectivity index (χ1) is 11.0. The Labute approximate surface area is 134 Å². The van der Waals surface area contributed by atoms with Crippen LogP contribution in [0.25, 0.3) is 11.3 Å². The molecule has 1 aromatic carbocycles. The molecule has 0 N–H and O–H groups in total. The van der Waals surface area contributed by atoms with Gasteiger partial charge >= 0.3 is 0 Å². The highest BCUT2D eigenvalue weighted by atomic mass is 32.2. The van der Waals surface area contributed by atoms with Crippen LogP contribution in [0.3, 0.4) is 0 Å². The van der Waals surface area contributed by atoms with Crippen molar-refractivity contribution < 1.29 is 17.6 Å². The minimum absolute atomic E-state index is 0.284. The second kappa shape index (κ2) is 6.26. The Bertz CT molecular complexity index is 885. The summed E-state index contributed by atoms with van der Waals surface area (Å²) < 4.78 is 33.8. The summed E-state index contributed by atoms with van der Waals surface area (Å²) in [6, 6.07) is 15.7. The summed E-state index contributed by atoms with van der Waals surface area (Å²) in [5.41, 5.74) is 1.53. The van der Waals surface area contributed by atoms with E-state index >= 15 is 0 Å². The van der Waals surface area contributed by atoms with Crippen LogP contribution in [0.2, 0.25) is 0 Å². The van der Waals surface area contributed by atoms with Gasteiger partial charge in [0, 0.05) is 17.9 Å². The Balaban J connectivity index is 1.79. The molecule has 0 amide bonds. The van der Waals surface area contributed by atoms with Gasteiger partial charge in [0.25, 0.3) is 0 Å². The molecule has 0 bridgehead atoms. The van der Waals surface area contributed by atoms with Gasteiger partial charge in [0.1, 0.15) is 12.4 Å². The van der Waals surface area contributed by atoms with Crippen molar-refractivity contribution in [1.29, 1.82) is 0 Å². The highest BCUT2D eigenvalue weighted by Gasteiger charge is 2.08. The van der Waals surface area contributed by atoms with E-state index in [1.54, 1.807) is 42.7 Å². The Kier molecular flexibility index (Phi) is 4.16. The molecule has 3 aromatic rings. The molecule has 118 valence electrons. The summed E-state index contributed by atoms with van der Waals surface area (Å²) in [6.07, 6.45) is 2.77. The van der Waals surface area contributed by atoms with Crippen molar-refractivity contribution in [2.75, 3.05) is 6.26 Å². The molecule has 0 saturated heterocycles. The van der Waals surface area contributed by atoms with E-state index in [0.29, 0.717) is 18.2 Å². The summed E-state index contributed by atoms with van der Waals surface area (Å²) in [6.45, 7) is 0.302. The van der Waals surface area contributed by atoms with Crippen LogP contribution in [0.5, 0.6) is 5.88 Å². The summed E-state index contributed by atoms with van der Waals surface area (Å²) in [4.78, 5) is 4.70. The number of rotatable bonds is 5. The molecule has 0 aliphatic rings. The van der Waals surface area contributed by atoms with Crippen LogP contribution in [0.15, 0.2) is 70.2 Å². The Morgan fingerprint density at radius 1 is 1.04 bits per heavy atom. The number of furan rings is 1. The van der Waals surface area contributed by atoms with Gasteiger partial charge in [-0.05, 0) is 30.3 Å². The fourth-order valence-electron chi connectivity index (χ4n) is 2.07. The van der Waals surface area contributed by atoms with E-state index in [4.69, 9.17) is 9.15 Å². The SMILES string of the molecule is CS(=O)(=O)c1ccc(-c2cccc(OCc3ccco3)n2)cc1. The molecular formula is C17H15NO4S. The van der Waals surface area contributed by atoms with Crippen LogP contribution in [-0.4, -0.2) is 19.7 Å². The van der Waals surface area contributed by atoms with E-state index < -0.39 is 9.84 Å². The number of nitrogens with zero attached hydrogens (tertiary/aromatic N) is 1. The molecule has 0 spiro atoms. The number of benzene rings is 1. The first-order valence-electron chi connectivity index (χ1n) is 6.95. The van der Waals surface area contributed by atoms with Crippen molar-refractivity contribution >= 4 is 9.84 Å². The second-order valence-electron chi connectivity index (χ2n) is 5.03. The molecule has 0 unspecified atom stereocenters. The van der Waals surface area contributed by atoms with E-state index in [1.807, 2.05) is 18.2 Å². The molecule has 23 heavy (non-hydrogen) atoms. The van der Waals surface area contributed by atoms with Gasteiger partial charge in [-0.2, -0.15) is 0 Å². The van der Waals surface area contributed by atoms with E-state index in [-0.39, 0.29) is 4.90 Å². The third-order valence-electron chi connectivity index (χ3n) is 3.24. The van der Waals surface area contributed by atoms with Crippen LogP contribution >= 0.6 is 0 Å². The molecule has 2 aromatic heterocycles. The quantitative estimate of drug-likeness (QED) is 0.718. The minimum Gasteiger partial charge on any atom is -0.469 e. The summed E-state index contributed by atoms with van der Waals surface area (Å²) in [7, 11) is -3.20. The lowest BCUT2D eigenvalue weighted by atomic mass is 10.1. The zero-order valence-corrected chi connectivity index (χ0v) is 13.3. The normalized spacial score (nSPS) is 11.3. The molecule has 2 heterocycles. The first-order valence-corrected chi connectivity index (χ1v) is 8.84. The average molecular weight is 329 g/mol. The minimum atomic E-state index is -3.20. The third-order valence-corrected chi connectivity index (χ3v) is 4.37. The van der Waals surface area contributed by atoms with Crippen molar-refractivity contribution in [1.82, 2.24) is 4.98 Å². The summed E-state index contributed by atoms with van der Waals surface area (Å²) in [5, 5.41) is 0. The topological polar surface area (TPSA) is 69.4 Å². The molecule has 5 nitrogen and oxygen atoms in total. The van der Waals surface area contributed by atoms with Crippen molar-refractivity contribution in [3.63, 3.8) is 0 Å². The highest BCUT2D eigenvalue weighted by Crippen LogP contribution is 2.22. The zero-order chi connectivity index (χ0) is 16.3. The van der Waals surface area contributed by atoms with Gasteiger partial charge in [-0.25, -0.2) is 13.4 Å². The lowest BCUT2D eigenvalue weighted by molar-refractivity contribution is 0.261. The number of aromatic nitrogens is 1. The average Bonchev–Trinajstić information content (AvgIpc) is 3.06. The molecule has 6 heteroatoms. The summed E-state index contributed by atoms with van der Waals surface area (Å²) in [5.74, 6) is 1.20. The van der Waals surface area contributed by atoms with Crippen LogP contribution < -0.4 is 4.74 Å². The maximum atomic E-state index is 11.5. The smallest absolute Gasteiger partial charge is 0.214 e. The molecular weight excluding hydrogens is 314 g/mol. The monoisotopic (exact) mass is 329 g/mol. The Hall–Kier alpha value is -2.60. The maximum Gasteiger partial charge on any atom is 0.214 e. The van der Waals surface area contributed by atoms with E-state index in [2.05, 4.69) is 4.98 Å². The van der Waals surface area contributed by atoms with Crippen LogP contribution in [0.1, 0.15) is 5.76 Å². The van der Waals surface area contributed by atoms with Gasteiger partial charge in [-0.15, -0.1) is 0 Å². The molecule has 0 aliphatic heterocycles. The van der Waals surface area contributed by atoms with Crippen molar-refractivity contribution in [2.45, 2.75) is 11.5 Å². The highest BCUT2D eigenvalue weighted by molar-refractivity contribution is 7.90. The molecule has 0 atom stereocenters. The van der Waals surface area contributed by atoms with Gasteiger partial charge < -0.3 is 9.15 Å². The van der Waals surface area contributed by atoms with E-state index in [1.165, 1.54) is 6.26 Å². The fourth-order valence-corrected chi connectivity index (χ4v) is 2.70. The summed E-state index contributed by atoms with van der Waals surface area (Å²) >= 11 is 0. The number of ether oxygens (including phenoxy) is 1. The van der Waals surface area contributed by atoms with Gasteiger partial charge in [0.2, 0.25) is 5.88 Å². The second-order valence-corrected chi connectivity index (χ2v) is 7.04. The van der Waals surface area contributed by atoms with Crippen LogP contribution in [0.4, 0.5) is 0 Å². The Morgan fingerprint density at radius 3 is 2.48 bits per heavy atom. The third kappa shape index (κ3) is 3.78. The van der Waals surface area contributed by atoms with Gasteiger partial charge in [-0.3, -0.25) is 0 Å². The van der Waals surface area contributed by atoms with E-state index in [9.17, 15) is 8.42 Å². The number of hydrogen-bond acceptors (Lipinski definition) is 5. The van der Waals surface area contributed by atoms with Gasteiger partial charge in [0.15, 0.2) is 9.84 Å². The predicted octanol–water partition coefficient (Wildman–Crippen LogP) is 3.32. The lowest BCUT2D eigenvalue weighted by Crippen LogP contribution is -1.98. The molecule has 0 fully saturated rings. The van der Waals surface area contributed by atoms with Crippen LogP contribution in [0, 0.1) is 0 Å². The largest absolute Gasteiger partial charge is 0.469 e. The van der Waals surface area contributed by atoms with Gasteiger partial charge in [0.05, 0.1) is 16.9 Å². The lowest BCUT2D eigenvalue weighted by Gasteiger charge is -2.06. The number of hydrogen-bond donors (Lipinski definition) is 0. The molecule has 0 aliphatic carbocycles. The van der Waals surface area contributed by atoms with Crippen molar-refractivity contribution in [2.24, 2.45) is 0 Å². The van der Waals surface area contributed by atoms with Crippen molar-refractivity contribution in [3.8, 4) is 17.1 Å². The van der Waals surface area contributed by atoms with Crippen LogP contribution in [-0.2, 0) is 16.4 Å². The van der Waals surface area contributed by atoms with Crippen molar-refractivity contribution in [3.05, 3.63) is 66.6 Å². The molecule has 3 rings (SSSR count). The van der Waals surface area contributed by atoms with Gasteiger partial charge in [-0.1, -0.05) is 18.2 Å². The predicted molar refractivity (Wildman–Crippen MR) is 85.8 cm³/mol. The van der Waals surface area contributed by atoms with E-state index in [0.717, 1.165) is 11.3 Å². The standard InChI is InChI=1S/C17H15NO4S/c1-23(19,20)15-9-7-13(8-10-15)16-5-2-6-17(18-16)22-12-14-4-3-11-21-14/h2-11H,12H2,1H3. The maximum absolute atomic E-state index is 11.5. The molecule has 0 radical (unpaired) electrons. The number of pyridine rings is 1.